The predicted molar refractivity (Wildman–Crippen MR) is 62.1 cm³/mol. The fourth-order valence-corrected chi connectivity index (χ4v) is 1.01. The lowest BCUT2D eigenvalue weighted by Crippen LogP contribution is -2.71. The van der Waals surface area contributed by atoms with Gasteiger partial charge in [-0.2, -0.15) is 0 Å². The largest absolute Gasteiger partial charge is 0.466 e. The lowest BCUT2D eigenvalue weighted by molar-refractivity contribution is -0.437. The molecule has 4 heteroatoms. The van der Waals surface area contributed by atoms with Gasteiger partial charge in [0.15, 0.2) is 18.5 Å². The van der Waals surface area contributed by atoms with E-state index in [2.05, 4.69) is 11.6 Å². The third kappa shape index (κ3) is 7.67. The van der Waals surface area contributed by atoms with Crippen molar-refractivity contribution in [3.8, 4) is 0 Å². The molecule has 0 rings (SSSR count). The standard InChI is InChI=1S/C12H17NO3/c1-4-6-11(7-12(15)16-5-2)9-13-8-10(3)14/h4,6,9H,1,5,7-8H2,2-3H3/p+1/b11-6-,13-9?. The van der Waals surface area contributed by atoms with Gasteiger partial charge in [0, 0.05) is 12.5 Å². The summed E-state index contributed by atoms with van der Waals surface area (Å²) in [5.74, 6) is -0.262. The molecule has 0 unspecified atom stereocenters. The second kappa shape index (κ2) is 8.59. The van der Waals surface area contributed by atoms with Crippen molar-refractivity contribution in [3.63, 3.8) is 0 Å². The molecule has 0 aromatic heterocycles. The number of Topliss-reactive ketones (excluding diaryl/α,β-unsaturated/α-hetero) is 1. The van der Waals surface area contributed by atoms with E-state index in [0.29, 0.717) is 6.61 Å². The van der Waals surface area contributed by atoms with Crippen LogP contribution in [0.5, 0.6) is 0 Å². The third-order valence-corrected chi connectivity index (χ3v) is 1.62. The van der Waals surface area contributed by atoms with Gasteiger partial charge in [-0.3, -0.25) is 9.59 Å². The Balaban J connectivity index is 4.34. The van der Waals surface area contributed by atoms with Gasteiger partial charge in [0.1, 0.15) is 0 Å². The van der Waals surface area contributed by atoms with Crippen molar-refractivity contribution in [1.29, 1.82) is 0 Å². The highest BCUT2D eigenvalue weighted by molar-refractivity contribution is 5.85. The molecule has 0 aromatic carbocycles. The van der Waals surface area contributed by atoms with Crippen LogP contribution in [0.15, 0.2) is 24.3 Å². The molecular formula is C12H18NO3+. The highest BCUT2D eigenvalue weighted by Gasteiger charge is 2.06. The van der Waals surface area contributed by atoms with Gasteiger partial charge in [-0.1, -0.05) is 18.7 Å². The van der Waals surface area contributed by atoms with Crippen LogP contribution in [-0.2, 0) is 14.3 Å². The van der Waals surface area contributed by atoms with Gasteiger partial charge in [-0.05, 0) is 6.92 Å². The van der Waals surface area contributed by atoms with E-state index < -0.39 is 0 Å². The summed E-state index contributed by atoms with van der Waals surface area (Å²) in [6.07, 6.45) is 5.08. The Labute approximate surface area is 95.7 Å². The summed E-state index contributed by atoms with van der Waals surface area (Å²) in [6.45, 7) is 7.41. The highest BCUT2D eigenvalue weighted by Crippen LogP contribution is 1.99. The first-order valence-corrected chi connectivity index (χ1v) is 5.13. The van der Waals surface area contributed by atoms with E-state index in [4.69, 9.17) is 4.74 Å². The normalized spacial score (nSPS) is 11.5. The molecule has 16 heavy (non-hydrogen) atoms. The Morgan fingerprint density at radius 1 is 1.44 bits per heavy atom. The minimum atomic E-state index is -0.295. The fourth-order valence-electron chi connectivity index (χ4n) is 1.01. The van der Waals surface area contributed by atoms with Gasteiger partial charge >= 0.3 is 5.97 Å². The Kier molecular flexibility index (Phi) is 7.67. The van der Waals surface area contributed by atoms with Crippen molar-refractivity contribution in [3.05, 3.63) is 24.3 Å². The van der Waals surface area contributed by atoms with Gasteiger partial charge < -0.3 is 4.74 Å². The number of hydrogen-bond acceptors (Lipinski definition) is 3. The zero-order chi connectivity index (χ0) is 12.4. The molecule has 0 aromatic rings. The summed E-state index contributed by atoms with van der Waals surface area (Å²) in [7, 11) is 0. The van der Waals surface area contributed by atoms with Crippen LogP contribution in [0.25, 0.3) is 0 Å². The predicted octanol–water partition coefficient (Wildman–Crippen LogP) is -0.208. The minimum Gasteiger partial charge on any atom is -0.466 e. The van der Waals surface area contributed by atoms with Crippen LogP contribution < -0.4 is 4.99 Å². The first-order valence-electron chi connectivity index (χ1n) is 5.13. The smallest absolute Gasteiger partial charge is 0.310 e. The average molecular weight is 224 g/mol. The molecule has 0 amide bonds. The minimum absolute atomic E-state index is 0.0327. The first-order chi connectivity index (χ1) is 7.60. The number of ketones is 1. The van der Waals surface area contributed by atoms with Crippen LogP contribution >= 0.6 is 0 Å². The number of allylic oxidation sites excluding steroid dienone is 2. The summed E-state index contributed by atoms with van der Waals surface area (Å²) < 4.78 is 4.82. The molecule has 0 heterocycles. The van der Waals surface area contributed by atoms with E-state index in [1.165, 1.54) is 6.92 Å². The number of carbonyl (C=O) groups excluding carboxylic acids is 2. The Bertz CT molecular complexity index is 316. The second-order valence-corrected chi connectivity index (χ2v) is 3.19. The van der Waals surface area contributed by atoms with Gasteiger partial charge in [0.25, 0.3) is 0 Å². The summed E-state index contributed by atoms with van der Waals surface area (Å²) >= 11 is 0. The van der Waals surface area contributed by atoms with E-state index in [-0.39, 0.29) is 24.7 Å². The molecule has 1 N–H and O–H groups in total. The molecule has 4 nitrogen and oxygen atoms in total. The van der Waals surface area contributed by atoms with Crippen molar-refractivity contribution in [1.82, 2.24) is 0 Å². The fraction of sp³-hybridized carbons (Fsp3) is 0.417. The molecule has 0 aliphatic heterocycles. The second-order valence-electron chi connectivity index (χ2n) is 3.19. The number of nitrogens with one attached hydrogen (secondary N) is 1. The molecule has 0 saturated heterocycles. The zero-order valence-corrected chi connectivity index (χ0v) is 9.79. The first kappa shape index (κ1) is 14.3. The van der Waals surface area contributed by atoms with Crippen LogP contribution in [0.1, 0.15) is 20.3 Å². The maximum Gasteiger partial charge on any atom is 0.310 e. The van der Waals surface area contributed by atoms with Crippen LogP contribution in [0, 0.1) is 0 Å². The molecule has 0 bridgehead atoms. The number of ether oxygens (including phenoxy) is 1. The number of esters is 1. The molecule has 0 fully saturated rings. The monoisotopic (exact) mass is 224 g/mol. The van der Waals surface area contributed by atoms with Crippen molar-refractivity contribution in [2.24, 2.45) is 0 Å². The topological polar surface area (TPSA) is 57.3 Å². The van der Waals surface area contributed by atoms with E-state index in [1.54, 1.807) is 25.3 Å². The lowest BCUT2D eigenvalue weighted by atomic mass is 10.2. The zero-order valence-electron chi connectivity index (χ0n) is 9.79. The Morgan fingerprint density at radius 2 is 2.12 bits per heavy atom. The van der Waals surface area contributed by atoms with Gasteiger partial charge in [-0.25, -0.2) is 4.99 Å². The third-order valence-electron chi connectivity index (χ3n) is 1.62. The van der Waals surface area contributed by atoms with Crippen molar-refractivity contribution >= 4 is 18.0 Å². The molecule has 0 spiro atoms. The molecule has 88 valence electrons. The molecule has 0 aliphatic carbocycles. The molecule has 0 radical (unpaired) electrons. The molecule has 0 saturated carbocycles. The summed E-state index contributed by atoms with van der Waals surface area (Å²) in [5, 5.41) is 0. The molecule has 0 aliphatic rings. The van der Waals surface area contributed by atoms with E-state index in [1.807, 2.05) is 0 Å². The van der Waals surface area contributed by atoms with Crippen molar-refractivity contribution in [2.75, 3.05) is 13.2 Å². The van der Waals surface area contributed by atoms with Crippen molar-refractivity contribution in [2.45, 2.75) is 20.3 Å². The van der Waals surface area contributed by atoms with Crippen LogP contribution in [-0.4, -0.2) is 31.1 Å². The highest BCUT2D eigenvalue weighted by atomic mass is 16.5. The maximum atomic E-state index is 11.2. The van der Waals surface area contributed by atoms with E-state index >= 15 is 0 Å². The summed E-state index contributed by atoms with van der Waals surface area (Å²) in [5.41, 5.74) is 0.731. The molecule has 0 atom stereocenters. The van der Waals surface area contributed by atoms with Gasteiger partial charge in [0.05, 0.1) is 13.0 Å². The number of hydrogen-bond donors (Lipinski definition) is 1. The number of rotatable bonds is 7. The van der Waals surface area contributed by atoms with Crippen LogP contribution in [0.3, 0.4) is 0 Å². The van der Waals surface area contributed by atoms with E-state index in [0.717, 1.165) is 5.57 Å². The summed E-state index contributed by atoms with van der Waals surface area (Å²) in [6, 6.07) is 0. The Morgan fingerprint density at radius 3 is 2.62 bits per heavy atom. The van der Waals surface area contributed by atoms with Gasteiger partial charge in [0.2, 0.25) is 0 Å². The quantitative estimate of drug-likeness (QED) is 0.370. The lowest BCUT2D eigenvalue weighted by Gasteiger charge is -1.99. The number of carbonyl (C=O) groups is 2. The molecular weight excluding hydrogens is 206 g/mol. The van der Waals surface area contributed by atoms with Gasteiger partial charge in [-0.15, -0.1) is 0 Å². The SMILES string of the molecule is C=C/C=C(\C=[NH+]CC(C)=O)CC(=O)OCC. The maximum absolute atomic E-state index is 11.2. The van der Waals surface area contributed by atoms with Crippen LogP contribution in [0.4, 0.5) is 0 Å². The average Bonchev–Trinajstić information content (AvgIpc) is 2.17. The Hall–Kier alpha value is -1.71. The van der Waals surface area contributed by atoms with Crippen molar-refractivity contribution < 1.29 is 19.3 Å². The van der Waals surface area contributed by atoms with Crippen LogP contribution in [0.2, 0.25) is 0 Å². The van der Waals surface area contributed by atoms with E-state index in [9.17, 15) is 9.59 Å². The summed E-state index contributed by atoms with van der Waals surface area (Å²) in [4.78, 5) is 24.7.